The van der Waals surface area contributed by atoms with E-state index in [0.29, 0.717) is 6.54 Å². The first kappa shape index (κ1) is 13.5. The molecule has 1 aromatic carbocycles. The van der Waals surface area contributed by atoms with Crippen molar-refractivity contribution in [3.8, 4) is 5.75 Å². The lowest BCUT2D eigenvalue weighted by atomic mass is 10.1. The molecule has 0 saturated heterocycles. The fourth-order valence-electron chi connectivity index (χ4n) is 1.43. The molecule has 4 nitrogen and oxygen atoms in total. The van der Waals surface area contributed by atoms with Gasteiger partial charge in [0.25, 0.3) is 0 Å². The predicted octanol–water partition coefficient (Wildman–Crippen LogP) is 1.43. The third-order valence-electron chi connectivity index (χ3n) is 2.65. The third-order valence-corrected chi connectivity index (χ3v) is 2.65. The zero-order valence-electron chi connectivity index (χ0n) is 10.9. The highest BCUT2D eigenvalue weighted by atomic mass is 16.5. The first-order valence-corrected chi connectivity index (χ1v) is 5.62. The van der Waals surface area contributed by atoms with E-state index in [0.717, 1.165) is 11.3 Å². The Kier molecular flexibility index (Phi) is 4.97. The number of nitrogens with one attached hydrogen (secondary N) is 1. The molecule has 1 amide bonds. The van der Waals surface area contributed by atoms with Crippen molar-refractivity contribution in [2.45, 2.75) is 13.0 Å². The van der Waals surface area contributed by atoms with E-state index >= 15 is 0 Å². The number of likely N-dealkylation sites (N-methyl/N-ethyl adjacent to an activating group) is 1. The van der Waals surface area contributed by atoms with E-state index in [1.807, 2.05) is 31.2 Å². The van der Waals surface area contributed by atoms with Gasteiger partial charge in [0.05, 0.1) is 13.7 Å². The Labute approximate surface area is 103 Å². The van der Waals surface area contributed by atoms with Gasteiger partial charge in [0.15, 0.2) is 0 Å². The lowest BCUT2D eigenvalue weighted by Gasteiger charge is -2.16. The molecule has 1 aromatic rings. The summed E-state index contributed by atoms with van der Waals surface area (Å²) < 4.78 is 5.17. The molecule has 4 heteroatoms. The molecule has 0 aliphatic heterocycles. The van der Waals surface area contributed by atoms with Crippen LogP contribution in [0.3, 0.4) is 0 Å². The van der Waals surface area contributed by atoms with Crippen molar-refractivity contribution >= 4 is 5.91 Å². The number of hydrogen-bond acceptors (Lipinski definition) is 3. The number of nitrogens with zero attached hydrogens (tertiary/aromatic N) is 1. The molecule has 1 rings (SSSR count). The molecule has 1 N–H and O–H groups in total. The Bertz CT molecular complexity index is 377. The van der Waals surface area contributed by atoms with Gasteiger partial charge in [-0.25, -0.2) is 0 Å². The molecule has 17 heavy (non-hydrogen) atoms. The van der Waals surface area contributed by atoms with Crippen molar-refractivity contribution in [2.24, 2.45) is 0 Å². The van der Waals surface area contributed by atoms with Crippen molar-refractivity contribution in [2.75, 3.05) is 27.7 Å². The molecular weight excluding hydrogens is 216 g/mol. The van der Waals surface area contributed by atoms with Gasteiger partial charge < -0.3 is 15.0 Å². The number of benzene rings is 1. The molecule has 1 atom stereocenters. The average molecular weight is 236 g/mol. The molecule has 0 heterocycles. The molecule has 0 fully saturated rings. The van der Waals surface area contributed by atoms with E-state index in [2.05, 4.69) is 5.32 Å². The van der Waals surface area contributed by atoms with Crippen LogP contribution in [0.25, 0.3) is 0 Å². The van der Waals surface area contributed by atoms with Gasteiger partial charge >= 0.3 is 0 Å². The fraction of sp³-hybridized carbons (Fsp3) is 0.462. The molecule has 0 bridgehead atoms. The molecule has 0 saturated carbocycles. The largest absolute Gasteiger partial charge is 0.497 e. The van der Waals surface area contributed by atoms with Crippen LogP contribution in [0, 0.1) is 0 Å². The van der Waals surface area contributed by atoms with E-state index < -0.39 is 0 Å². The van der Waals surface area contributed by atoms with Crippen LogP contribution in [-0.2, 0) is 4.79 Å². The second kappa shape index (κ2) is 6.25. The standard InChI is InChI=1S/C13H20N2O2/c1-10(14-9-13(16)15(2)3)11-6-5-7-12(8-11)17-4/h5-8,10,14H,9H2,1-4H3/t10-/m1/s1. The summed E-state index contributed by atoms with van der Waals surface area (Å²) in [5, 5.41) is 3.18. The van der Waals surface area contributed by atoms with Gasteiger partial charge in [0, 0.05) is 20.1 Å². The first-order valence-electron chi connectivity index (χ1n) is 5.62. The monoisotopic (exact) mass is 236 g/mol. The number of hydrogen-bond donors (Lipinski definition) is 1. The maximum atomic E-state index is 11.4. The lowest BCUT2D eigenvalue weighted by Crippen LogP contribution is -2.34. The Morgan fingerprint density at radius 3 is 2.76 bits per heavy atom. The van der Waals surface area contributed by atoms with Crippen molar-refractivity contribution in [1.82, 2.24) is 10.2 Å². The molecule has 0 aliphatic carbocycles. The van der Waals surface area contributed by atoms with Crippen LogP contribution in [0.4, 0.5) is 0 Å². The van der Waals surface area contributed by atoms with Crippen molar-refractivity contribution in [3.63, 3.8) is 0 Å². The normalized spacial score (nSPS) is 12.0. The van der Waals surface area contributed by atoms with Crippen molar-refractivity contribution in [3.05, 3.63) is 29.8 Å². The first-order chi connectivity index (χ1) is 8.04. The summed E-state index contributed by atoms with van der Waals surface area (Å²) >= 11 is 0. The smallest absolute Gasteiger partial charge is 0.236 e. The van der Waals surface area contributed by atoms with Gasteiger partial charge in [-0.2, -0.15) is 0 Å². The van der Waals surface area contributed by atoms with Crippen LogP contribution < -0.4 is 10.1 Å². The summed E-state index contributed by atoms with van der Waals surface area (Å²) in [5.41, 5.74) is 1.11. The SMILES string of the molecule is COc1cccc([C@@H](C)NCC(=O)N(C)C)c1. The third kappa shape index (κ3) is 4.07. The van der Waals surface area contributed by atoms with Crippen LogP contribution in [0.5, 0.6) is 5.75 Å². The quantitative estimate of drug-likeness (QED) is 0.841. The molecule has 0 aliphatic rings. The fourth-order valence-corrected chi connectivity index (χ4v) is 1.43. The second-order valence-electron chi connectivity index (χ2n) is 4.17. The van der Waals surface area contributed by atoms with Gasteiger partial charge in [0.2, 0.25) is 5.91 Å². The minimum atomic E-state index is 0.0692. The summed E-state index contributed by atoms with van der Waals surface area (Å²) in [7, 11) is 5.15. The molecule has 0 spiro atoms. The highest BCUT2D eigenvalue weighted by Gasteiger charge is 2.09. The zero-order valence-corrected chi connectivity index (χ0v) is 10.9. The summed E-state index contributed by atoms with van der Waals surface area (Å²) in [6.07, 6.45) is 0. The van der Waals surface area contributed by atoms with E-state index in [1.54, 1.807) is 26.1 Å². The Morgan fingerprint density at radius 1 is 1.47 bits per heavy atom. The van der Waals surface area contributed by atoms with Crippen molar-refractivity contribution in [1.29, 1.82) is 0 Å². The molecular formula is C13H20N2O2. The minimum Gasteiger partial charge on any atom is -0.497 e. The lowest BCUT2D eigenvalue weighted by molar-refractivity contribution is -0.127. The van der Waals surface area contributed by atoms with Crippen LogP contribution in [0.15, 0.2) is 24.3 Å². The van der Waals surface area contributed by atoms with Crippen LogP contribution in [0.2, 0.25) is 0 Å². The second-order valence-corrected chi connectivity index (χ2v) is 4.17. The summed E-state index contributed by atoms with van der Waals surface area (Å²) in [4.78, 5) is 13.0. The Balaban J connectivity index is 2.57. The van der Waals surface area contributed by atoms with Crippen LogP contribution >= 0.6 is 0 Å². The number of carbonyl (C=O) groups is 1. The zero-order chi connectivity index (χ0) is 12.8. The number of carbonyl (C=O) groups excluding carboxylic acids is 1. The highest BCUT2D eigenvalue weighted by molar-refractivity contribution is 5.77. The Hall–Kier alpha value is -1.55. The summed E-state index contributed by atoms with van der Waals surface area (Å²) in [6, 6.07) is 7.95. The average Bonchev–Trinajstić information content (AvgIpc) is 2.35. The number of methoxy groups -OCH3 is 1. The van der Waals surface area contributed by atoms with Gasteiger partial charge in [-0.3, -0.25) is 4.79 Å². The van der Waals surface area contributed by atoms with E-state index in [9.17, 15) is 4.79 Å². The minimum absolute atomic E-state index is 0.0692. The van der Waals surface area contributed by atoms with E-state index in [4.69, 9.17) is 4.74 Å². The highest BCUT2D eigenvalue weighted by Crippen LogP contribution is 2.18. The number of rotatable bonds is 5. The van der Waals surface area contributed by atoms with E-state index in [-0.39, 0.29) is 11.9 Å². The summed E-state index contributed by atoms with van der Waals surface area (Å²) in [5.74, 6) is 0.898. The maximum Gasteiger partial charge on any atom is 0.236 e. The van der Waals surface area contributed by atoms with Gasteiger partial charge in [-0.15, -0.1) is 0 Å². The molecule has 0 aromatic heterocycles. The Morgan fingerprint density at radius 2 is 2.18 bits per heavy atom. The maximum absolute atomic E-state index is 11.4. The molecule has 0 unspecified atom stereocenters. The van der Waals surface area contributed by atoms with Crippen molar-refractivity contribution < 1.29 is 9.53 Å². The topological polar surface area (TPSA) is 41.6 Å². The van der Waals surface area contributed by atoms with E-state index in [1.165, 1.54) is 0 Å². The predicted molar refractivity (Wildman–Crippen MR) is 68.1 cm³/mol. The number of amides is 1. The van der Waals surface area contributed by atoms with Gasteiger partial charge in [-0.05, 0) is 24.6 Å². The molecule has 0 radical (unpaired) electrons. The van der Waals surface area contributed by atoms with Crippen LogP contribution in [-0.4, -0.2) is 38.6 Å². The van der Waals surface area contributed by atoms with Gasteiger partial charge in [-0.1, -0.05) is 12.1 Å². The summed E-state index contributed by atoms with van der Waals surface area (Å²) in [6.45, 7) is 2.36. The van der Waals surface area contributed by atoms with Crippen LogP contribution in [0.1, 0.15) is 18.5 Å². The number of ether oxygens (including phenoxy) is 1. The van der Waals surface area contributed by atoms with Gasteiger partial charge in [0.1, 0.15) is 5.75 Å². The molecule has 94 valence electrons.